The molecule has 0 unspecified atom stereocenters. The van der Waals surface area contributed by atoms with Gasteiger partial charge in [0.15, 0.2) is 0 Å². The third-order valence-corrected chi connectivity index (χ3v) is 4.21. The minimum absolute atomic E-state index is 0.132. The lowest BCUT2D eigenvalue weighted by atomic mass is 10.0. The summed E-state index contributed by atoms with van der Waals surface area (Å²) in [4.78, 5) is 14.4. The molecule has 2 rings (SSSR count). The Labute approximate surface area is 171 Å². The highest BCUT2D eigenvalue weighted by molar-refractivity contribution is 5.89. The number of carbonyl (C=O) groups excluding carboxylic acids is 1. The first-order valence-corrected chi connectivity index (χ1v) is 8.98. The average Bonchev–Trinajstić information content (AvgIpc) is 2.77. The van der Waals surface area contributed by atoms with Crippen molar-refractivity contribution in [2.24, 2.45) is 5.11 Å². The van der Waals surface area contributed by atoms with Crippen molar-refractivity contribution in [1.82, 2.24) is 0 Å². The molecule has 0 saturated carbocycles. The van der Waals surface area contributed by atoms with Crippen LogP contribution in [0.25, 0.3) is 10.4 Å². The molecule has 0 aliphatic rings. The molecule has 0 heterocycles. The molecule has 2 aromatic rings. The Morgan fingerprint density at radius 3 is 2.30 bits per heavy atom. The van der Waals surface area contributed by atoms with Crippen LogP contribution >= 0.6 is 0 Å². The highest BCUT2D eigenvalue weighted by Gasteiger charge is 2.51. The van der Waals surface area contributed by atoms with E-state index in [2.05, 4.69) is 10.0 Å². The van der Waals surface area contributed by atoms with Crippen molar-refractivity contribution in [2.45, 2.75) is 30.8 Å². The van der Waals surface area contributed by atoms with E-state index in [0.29, 0.717) is 5.56 Å². The van der Waals surface area contributed by atoms with E-state index in [9.17, 15) is 15.0 Å². The van der Waals surface area contributed by atoms with E-state index in [0.717, 1.165) is 0 Å². The van der Waals surface area contributed by atoms with Gasteiger partial charge in [0.25, 0.3) is 5.92 Å². The molecule has 2 N–H and O–H groups in total. The van der Waals surface area contributed by atoms with E-state index in [1.165, 1.54) is 12.1 Å². The van der Waals surface area contributed by atoms with Crippen LogP contribution in [-0.4, -0.2) is 53.6 Å². The van der Waals surface area contributed by atoms with Crippen LogP contribution in [-0.2, 0) is 16.1 Å². The van der Waals surface area contributed by atoms with Crippen LogP contribution in [0.5, 0.6) is 0 Å². The minimum Gasteiger partial charge on any atom is -0.461 e. The first kappa shape index (κ1) is 23.2. The third-order valence-electron chi connectivity index (χ3n) is 4.21. The van der Waals surface area contributed by atoms with E-state index in [4.69, 9.17) is 15.0 Å². The highest BCUT2D eigenvalue weighted by Crippen LogP contribution is 2.31. The van der Waals surface area contributed by atoms with E-state index >= 15 is 8.78 Å². The summed E-state index contributed by atoms with van der Waals surface area (Å²) < 4.78 is 40.2. The molecule has 0 amide bonds. The second-order valence-corrected chi connectivity index (χ2v) is 6.33. The Morgan fingerprint density at radius 1 is 1.13 bits per heavy atom. The first-order chi connectivity index (χ1) is 14.4. The zero-order chi connectivity index (χ0) is 22.0. The monoisotopic (exact) mass is 421 g/mol. The summed E-state index contributed by atoms with van der Waals surface area (Å²) in [6.07, 6.45) is -4.18. The molecule has 0 aliphatic heterocycles. The van der Waals surface area contributed by atoms with Crippen LogP contribution < -0.4 is 0 Å². The second kappa shape index (κ2) is 11.2. The molecule has 10 heteroatoms. The summed E-state index contributed by atoms with van der Waals surface area (Å²) in [5.41, 5.74) is 9.39. The van der Waals surface area contributed by atoms with Crippen molar-refractivity contribution in [1.29, 1.82) is 0 Å². The van der Waals surface area contributed by atoms with E-state index in [-0.39, 0.29) is 12.2 Å². The number of carbonyl (C=O) groups is 1. The van der Waals surface area contributed by atoms with Gasteiger partial charge in [-0.15, -0.1) is 0 Å². The molecule has 0 bridgehead atoms. The SMILES string of the molecule is [N-]=[N+]=N[C@H](COC(=O)c1ccccc1)C(F)(F)[C@H](OCc1ccccc1)[C@H](O)CO. The molecule has 0 saturated heterocycles. The first-order valence-electron chi connectivity index (χ1n) is 8.98. The molecule has 0 radical (unpaired) electrons. The van der Waals surface area contributed by atoms with Gasteiger partial charge in [0.2, 0.25) is 0 Å². The van der Waals surface area contributed by atoms with Crippen LogP contribution in [0.2, 0.25) is 0 Å². The van der Waals surface area contributed by atoms with Crippen LogP contribution in [0, 0.1) is 0 Å². The van der Waals surface area contributed by atoms with Crippen molar-refractivity contribution in [3.63, 3.8) is 0 Å². The molecular weight excluding hydrogens is 400 g/mol. The number of hydrogen-bond acceptors (Lipinski definition) is 6. The summed E-state index contributed by atoms with van der Waals surface area (Å²) in [6, 6.07) is 13.9. The summed E-state index contributed by atoms with van der Waals surface area (Å²) in [7, 11) is 0. The van der Waals surface area contributed by atoms with Crippen LogP contribution in [0.1, 0.15) is 15.9 Å². The number of nitrogens with zero attached hydrogens (tertiary/aromatic N) is 3. The van der Waals surface area contributed by atoms with Crippen molar-refractivity contribution >= 4 is 5.97 Å². The number of esters is 1. The van der Waals surface area contributed by atoms with Gasteiger partial charge in [-0.1, -0.05) is 53.6 Å². The number of azide groups is 1. The van der Waals surface area contributed by atoms with Crippen molar-refractivity contribution in [3.8, 4) is 0 Å². The molecular formula is C20H21F2N3O5. The number of hydrogen-bond donors (Lipinski definition) is 2. The Kier molecular flexibility index (Phi) is 8.70. The summed E-state index contributed by atoms with van der Waals surface area (Å²) in [5.74, 6) is -4.84. The van der Waals surface area contributed by atoms with Crippen LogP contribution in [0.3, 0.4) is 0 Å². The predicted molar refractivity (Wildman–Crippen MR) is 103 cm³/mol. The zero-order valence-corrected chi connectivity index (χ0v) is 15.8. The van der Waals surface area contributed by atoms with Crippen molar-refractivity contribution < 1.29 is 33.3 Å². The highest BCUT2D eigenvalue weighted by atomic mass is 19.3. The Balaban J connectivity index is 2.15. The fourth-order valence-electron chi connectivity index (χ4n) is 2.62. The molecule has 160 valence electrons. The van der Waals surface area contributed by atoms with E-state index < -0.39 is 43.4 Å². The maximum Gasteiger partial charge on any atom is 0.338 e. The summed E-state index contributed by atoms with van der Waals surface area (Å²) in [5, 5.41) is 22.1. The number of aliphatic hydroxyl groups excluding tert-OH is 2. The maximum absolute atomic E-state index is 15.1. The lowest BCUT2D eigenvalue weighted by Gasteiger charge is -2.33. The zero-order valence-electron chi connectivity index (χ0n) is 15.8. The van der Waals surface area contributed by atoms with Gasteiger partial charge in [0, 0.05) is 4.91 Å². The smallest absolute Gasteiger partial charge is 0.338 e. The summed E-state index contributed by atoms with van der Waals surface area (Å²) >= 11 is 0. The van der Waals surface area contributed by atoms with E-state index in [1.807, 2.05) is 0 Å². The fraction of sp³-hybridized carbons (Fsp3) is 0.350. The lowest BCUT2D eigenvalue weighted by molar-refractivity contribution is -0.201. The molecule has 30 heavy (non-hydrogen) atoms. The largest absolute Gasteiger partial charge is 0.461 e. The number of alkyl halides is 2. The predicted octanol–water partition coefficient (Wildman–Crippen LogP) is 3.10. The van der Waals surface area contributed by atoms with Gasteiger partial charge in [-0.05, 0) is 23.2 Å². The Morgan fingerprint density at radius 2 is 1.73 bits per heavy atom. The molecule has 0 aliphatic carbocycles. The van der Waals surface area contributed by atoms with E-state index in [1.54, 1.807) is 48.5 Å². The average molecular weight is 421 g/mol. The number of halogens is 2. The minimum atomic E-state index is -3.96. The molecule has 8 nitrogen and oxygen atoms in total. The Hall–Kier alpha value is -3.04. The maximum atomic E-state index is 15.1. The summed E-state index contributed by atoms with van der Waals surface area (Å²) in [6.45, 7) is -2.25. The number of rotatable bonds is 11. The van der Waals surface area contributed by atoms with Gasteiger partial charge in [-0.2, -0.15) is 0 Å². The third kappa shape index (κ3) is 6.23. The molecule has 3 atom stereocenters. The molecule has 0 fully saturated rings. The fourth-order valence-corrected chi connectivity index (χ4v) is 2.62. The topological polar surface area (TPSA) is 125 Å². The molecule has 2 aromatic carbocycles. The number of aliphatic hydroxyl groups is 2. The van der Waals surface area contributed by atoms with Gasteiger partial charge in [-0.25, -0.2) is 13.6 Å². The molecule has 0 spiro atoms. The van der Waals surface area contributed by atoms with Crippen LogP contribution in [0.4, 0.5) is 8.78 Å². The Bertz CT molecular complexity index is 848. The normalized spacial score (nSPS) is 14.3. The van der Waals surface area contributed by atoms with Gasteiger partial charge in [-0.3, -0.25) is 0 Å². The van der Waals surface area contributed by atoms with Gasteiger partial charge in [0.1, 0.15) is 24.9 Å². The quantitative estimate of drug-likeness (QED) is 0.250. The second-order valence-electron chi connectivity index (χ2n) is 6.33. The van der Waals surface area contributed by atoms with Crippen molar-refractivity contribution in [2.75, 3.05) is 13.2 Å². The van der Waals surface area contributed by atoms with Crippen molar-refractivity contribution in [3.05, 3.63) is 82.2 Å². The standard InChI is InChI=1S/C20H21F2N3O5/c21-20(22,18(16(27)11-26)29-12-14-7-3-1-4-8-14)17(24-25-23)13-30-19(28)15-9-5-2-6-10-15/h1-10,16-18,26-27H,11-13H2/t16-,17-,18-/m1/s1. The number of ether oxygens (including phenoxy) is 2. The van der Waals surface area contributed by atoms with Crippen LogP contribution in [0.15, 0.2) is 65.8 Å². The van der Waals surface area contributed by atoms with Gasteiger partial charge >= 0.3 is 5.97 Å². The lowest BCUT2D eigenvalue weighted by Crippen LogP contribution is -2.53. The molecule has 0 aromatic heterocycles. The van der Waals surface area contributed by atoms with Gasteiger partial charge in [0.05, 0.1) is 18.8 Å². The number of benzene rings is 2. The van der Waals surface area contributed by atoms with Gasteiger partial charge < -0.3 is 19.7 Å².